The molecule has 0 unspecified atom stereocenters. The van der Waals surface area contributed by atoms with Gasteiger partial charge in [0.15, 0.2) is 0 Å². The highest BCUT2D eigenvalue weighted by atomic mass is 32.2. The van der Waals surface area contributed by atoms with Crippen LogP contribution in [0, 0.1) is 0 Å². The van der Waals surface area contributed by atoms with Gasteiger partial charge in [-0.1, -0.05) is 123 Å². The number of hydrogen-bond donors (Lipinski definition) is 0. The van der Waals surface area contributed by atoms with Crippen LogP contribution in [0.4, 0.5) is 0 Å². The molecule has 0 heterocycles. The Bertz CT molecular complexity index is 798. The standard InChI is InChI=1S/C27H34SSi/c1-27(2,3)29(25-18-10-5-11-19-25,26-20-12-6-13-21-26)23-15-7-14-22-28-24-16-8-4-9-17-24/h4-6,8-13,16-21H,7,14-15,22-23H2,1-3H3. The second kappa shape index (κ2) is 10.3. The maximum Gasteiger partial charge on any atom is 0.123 e. The van der Waals surface area contributed by atoms with E-state index in [1.54, 1.807) is 10.4 Å². The third kappa shape index (κ3) is 5.43. The van der Waals surface area contributed by atoms with Crippen molar-refractivity contribution in [3.8, 4) is 0 Å². The zero-order valence-electron chi connectivity index (χ0n) is 18.1. The van der Waals surface area contributed by atoms with Gasteiger partial charge in [0.2, 0.25) is 0 Å². The summed E-state index contributed by atoms with van der Waals surface area (Å²) < 4.78 is 0. The zero-order chi connectivity index (χ0) is 20.6. The molecule has 152 valence electrons. The summed E-state index contributed by atoms with van der Waals surface area (Å²) in [4.78, 5) is 1.39. The summed E-state index contributed by atoms with van der Waals surface area (Å²) in [7, 11) is -1.88. The maximum atomic E-state index is 2.46. The van der Waals surface area contributed by atoms with Crippen LogP contribution in [0.25, 0.3) is 0 Å². The van der Waals surface area contributed by atoms with Crippen molar-refractivity contribution >= 4 is 30.2 Å². The summed E-state index contributed by atoms with van der Waals surface area (Å²) in [6, 6.07) is 34.8. The molecule has 3 aromatic rings. The highest BCUT2D eigenvalue weighted by Crippen LogP contribution is 2.39. The summed E-state index contributed by atoms with van der Waals surface area (Å²) in [6.45, 7) is 7.39. The number of rotatable bonds is 9. The van der Waals surface area contributed by atoms with Gasteiger partial charge < -0.3 is 0 Å². The van der Waals surface area contributed by atoms with E-state index in [1.807, 2.05) is 11.8 Å². The van der Waals surface area contributed by atoms with E-state index < -0.39 is 8.07 Å². The third-order valence-electron chi connectivity index (χ3n) is 6.02. The van der Waals surface area contributed by atoms with Crippen molar-refractivity contribution in [2.75, 3.05) is 5.75 Å². The minimum Gasteiger partial charge on any atom is -0.126 e. The highest BCUT2D eigenvalue weighted by molar-refractivity contribution is 7.99. The first-order chi connectivity index (χ1) is 14.0. The fourth-order valence-corrected chi connectivity index (χ4v) is 11.1. The number of unbranched alkanes of at least 4 members (excludes halogenated alkanes) is 2. The Hall–Kier alpha value is -1.77. The normalized spacial score (nSPS) is 12.1. The molecule has 0 fully saturated rings. The second-order valence-electron chi connectivity index (χ2n) is 8.86. The lowest BCUT2D eigenvalue weighted by Crippen LogP contribution is -2.64. The lowest BCUT2D eigenvalue weighted by molar-refractivity contribution is 0.701. The average molecular weight is 419 g/mol. The van der Waals surface area contributed by atoms with Crippen molar-refractivity contribution in [2.45, 2.75) is 56.0 Å². The first kappa shape index (κ1) is 21.9. The van der Waals surface area contributed by atoms with Gasteiger partial charge in [-0.3, -0.25) is 0 Å². The van der Waals surface area contributed by atoms with E-state index in [2.05, 4.69) is 112 Å². The number of benzene rings is 3. The van der Waals surface area contributed by atoms with Gasteiger partial charge in [0, 0.05) is 4.90 Å². The summed E-state index contributed by atoms with van der Waals surface area (Å²) >= 11 is 1.99. The molecule has 3 rings (SSSR count). The lowest BCUT2D eigenvalue weighted by atomic mass is 10.2. The molecule has 0 aliphatic heterocycles. The molecule has 0 aromatic heterocycles. The highest BCUT2D eigenvalue weighted by Gasteiger charge is 2.46. The van der Waals surface area contributed by atoms with Gasteiger partial charge in [0.05, 0.1) is 0 Å². The predicted molar refractivity (Wildman–Crippen MR) is 133 cm³/mol. The molecule has 0 aliphatic carbocycles. The van der Waals surface area contributed by atoms with Gasteiger partial charge in [0.25, 0.3) is 0 Å². The molecule has 3 aromatic carbocycles. The zero-order valence-corrected chi connectivity index (χ0v) is 19.9. The second-order valence-corrected chi connectivity index (χ2v) is 15.0. The van der Waals surface area contributed by atoms with Crippen LogP contribution in [0.5, 0.6) is 0 Å². The van der Waals surface area contributed by atoms with Crippen molar-refractivity contribution in [1.29, 1.82) is 0 Å². The summed E-state index contributed by atoms with van der Waals surface area (Å²) in [5.74, 6) is 1.21. The van der Waals surface area contributed by atoms with Gasteiger partial charge in [-0.15, -0.1) is 11.8 Å². The van der Waals surface area contributed by atoms with Gasteiger partial charge in [-0.2, -0.15) is 0 Å². The monoisotopic (exact) mass is 418 g/mol. The van der Waals surface area contributed by atoms with Crippen LogP contribution < -0.4 is 10.4 Å². The third-order valence-corrected chi connectivity index (χ3v) is 13.4. The molecule has 0 radical (unpaired) electrons. The van der Waals surface area contributed by atoms with Crippen molar-refractivity contribution in [3.63, 3.8) is 0 Å². The summed E-state index contributed by atoms with van der Waals surface area (Å²) in [5.41, 5.74) is 0. The Balaban J connectivity index is 1.72. The summed E-state index contributed by atoms with van der Waals surface area (Å²) in [6.07, 6.45) is 3.91. The Labute approximate surface area is 182 Å². The molecule has 0 nitrogen and oxygen atoms in total. The maximum absolute atomic E-state index is 2.46. The average Bonchev–Trinajstić information content (AvgIpc) is 2.74. The van der Waals surface area contributed by atoms with E-state index in [0.717, 1.165) is 0 Å². The predicted octanol–water partition coefficient (Wildman–Crippen LogP) is 7.01. The van der Waals surface area contributed by atoms with Crippen LogP contribution in [-0.4, -0.2) is 13.8 Å². The molecule has 0 aliphatic rings. The molecule has 0 spiro atoms. The van der Waals surface area contributed by atoms with Crippen LogP contribution in [0.15, 0.2) is 95.9 Å². The quantitative estimate of drug-likeness (QED) is 0.204. The van der Waals surface area contributed by atoms with Gasteiger partial charge >= 0.3 is 0 Å². The van der Waals surface area contributed by atoms with Crippen molar-refractivity contribution in [2.24, 2.45) is 0 Å². The molecule has 0 saturated heterocycles. The molecular weight excluding hydrogens is 384 g/mol. The molecular formula is C27H34SSi. The van der Waals surface area contributed by atoms with Gasteiger partial charge in [0.1, 0.15) is 8.07 Å². The molecule has 29 heavy (non-hydrogen) atoms. The molecule has 0 amide bonds. The molecule has 0 saturated carbocycles. The number of hydrogen-bond acceptors (Lipinski definition) is 1. The molecule has 2 heteroatoms. The van der Waals surface area contributed by atoms with Crippen LogP contribution in [0.2, 0.25) is 11.1 Å². The van der Waals surface area contributed by atoms with E-state index in [4.69, 9.17) is 0 Å². The van der Waals surface area contributed by atoms with E-state index in [0.29, 0.717) is 0 Å². The van der Waals surface area contributed by atoms with Crippen LogP contribution in [-0.2, 0) is 0 Å². The van der Waals surface area contributed by atoms with E-state index in [1.165, 1.54) is 36.0 Å². The fraction of sp³-hybridized carbons (Fsp3) is 0.333. The smallest absolute Gasteiger partial charge is 0.123 e. The van der Waals surface area contributed by atoms with Crippen LogP contribution in [0.3, 0.4) is 0 Å². The Morgan fingerprint density at radius 2 is 1.10 bits per heavy atom. The Morgan fingerprint density at radius 1 is 0.621 bits per heavy atom. The van der Waals surface area contributed by atoms with Gasteiger partial charge in [-0.05, 0) is 35.4 Å². The van der Waals surface area contributed by atoms with E-state index in [-0.39, 0.29) is 5.04 Å². The topological polar surface area (TPSA) is 0 Å². The van der Waals surface area contributed by atoms with Crippen molar-refractivity contribution in [3.05, 3.63) is 91.0 Å². The first-order valence-electron chi connectivity index (χ1n) is 10.8. The molecule has 0 bridgehead atoms. The Morgan fingerprint density at radius 3 is 1.59 bits per heavy atom. The Kier molecular flexibility index (Phi) is 7.80. The number of thioether (sulfide) groups is 1. The van der Waals surface area contributed by atoms with Crippen LogP contribution in [0.1, 0.15) is 40.0 Å². The lowest BCUT2D eigenvalue weighted by Gasteiger charge is -2.44. The minimum absolute atomic E-state index is 0.272. The summed E-state index contributed by atoms with van der Waals surface area (Å²) in [5, 5.41) is 3.43. The minimum atomic E-state index is -1.88. The van der Waals surface area contributed by atoms with E-state index >= 15 is 0 Å². The SMILES string of the molecule is CC(C)(C)[Si](CCCCCSc1ccccc1)(c1ccccc1)c1ccccc1. The fourth-order valence-electron chi connectivity index (χ4n) is 4.52. The van der Waals surface area contributed by atoms with Gasteiger partial charge in [-0.25, -0.2) is 0 Å². The van der Waals surface area contributed by atoms with Crippen LogP contribution >= 0.6 is 11.8 Å². The molecule has 0 N–H and O–H groups in total. The van der Waals surface area contributed by atoms with Crippen molar-refractivity contribution in [1.82, 2.24) is 0 Å². The van der Waals surface area contributed by atoms with Crippen molar-refractivity contribution < 1.29 is 0 Å². The largest absolute Gasteiger partial charge is 0.126 e. The first-order valence-corrected chi connectivity index (χ1v) is 14.0. The molecule has 0 atom stereocenters. The van der Waals surface area contributed by atoms with E-state index in [9.17, 15) is 0 Å².